The zero-order valence-electron chi connectivity index (χ0n) is 17.6. The summed E-state index contributed by atoms with van der Waals surface area (Å²) in [6.07, 6.45) is 0.334. The van der Waals surface area contributed by atoms with Crippen LogP contribution in [-0.2, 0) is 27.8 Å². The Morgan fingerprint density at radius 1 is 1.20 bits per heavy atom. The zero-order chi connectivity index (χ0) is 21.7. The van der Waals surface area contributed by atoms with Crippen LogP contribution in [0.3, 0.4) is 0 Å². The summed E-state index contributed by atoms with van der Waals surface area (Å²) < 4.78 is 12.4. The molecule has 0 aliphatic carbocycles. The number of nitrogens with zero attached hydrogens (tertiary/aromatic N) is 3. The van der Waals surface area contributed by atoms with E-state index in [-0.39, 0.29) is 13.2 Å². The molecular weight excluding hydrogens is 384 g/mol. The van der Waals surface area contributed by atoms with Gasteiger partial charge in [0.2, 0.25) is 5.88 Å². The molecule has 0 aliphatic rings. The van der Waals surface area contributed by atoms with Crippen molar-refractivity contribution in [2.45, 2.75) is 33.2 Å². The van der Waals surface area contributed by atoms with Crippen molar-refractivity contribution in [3.63, 3.8) is 0 Å². The predicted molar refractivity (Wildman–Crippen MR) is 112 cm³/mol. The van der Waals surface area contributed by atoms with E-state index in [0.29, 0.717) is 17.9 Å². The summed E-state index contributed by atoms with van der Waals surface area (Å²) >= 11 is 0. The van der Waals surface area contributed by atoms with E-state index in [1.807, 2.05) is 50.2 Å². The molecule has 8 nitrogen and oxygen atoms in total. The molecule has 3 aromatic rings. The Balaban J connectivity index is 1.70. The predicted octanol–water partition coefficient (Wildman–Crippen LogP) is 2.25. The molecule has 1 N–H and O–H groups in total. The number of carbonyl (C=O) groups is 2. The molecule has 1 unspecified atom stereocenters. The van der Waals surface area contributed by atoms with Crippen molar-refractivity contribution in [3.8, 4) is 5.88 Å². The molecule has 8 heteroatoms. The van der Waals surface area contributed by atoms with Crippen LogP contribution < -0.4 is 10.1 Å². The highest BCUT2D eigenvalue weighted by atomic mass is 16.5. The molecule has 1 aromatic carbocycles. The van der Waals surface area contributed by atoms with Gasteiger partial charge in [-0.15, -0.1) is 5.10 Å². The van der Waals surface area contributed by atoms with Gasteiger partial charge in [-0.05, 0) is 38.0 Å². The van der Waals surface area contributed by atoms with Crippen molar-refractivity contribution in [3.05, 3.63) is 53.2 Å². The fraction of sp³-hybridized carbons (Fsp3) is 0.364. The minimum absolute atomic E-state index is 0.238. The lowest BCUT2D eigenvalue weighted by Crippen LogP contribution is -2.45. The number of esters is 1. The molecule has 1 amide bonds. The maximum absolute atomic E-state index is 12.5. The molecule has 2 heterocycles. The lowest BCUT2D eigenvalue weighted by molar-refractivity contribution is -0.147. The highest BCUT2D eigenvalue weighted by molar-refractivity contribution is 5.87. The maximum Gasteiger partial charge on any atom is 0.328 e. The number of aromatic nitrogens is 3. The van der Waals surface area contributed by atoms with Crippen molar-refractivity contribution in [1.82, 2.24) is 20.1 Å². The summed E-state index contributed by atoms with van der Waals surface area (Å²) in [4.78, 5) is 29.3. The zero-order valence-corrected chi connectivity index (χ0v) is 17.6. The van der Waals surface area contributed by atoms with Crippen LogP contribution in [0.1, 0.15) is 23.7 Å². The molecule has 0 saturated carbocycles. The summed E-state index contributed by atoms with van der Waals surface area (Å²) in [5.74, 6) is -0.572. The SMILES string of the molecule is CCOC(=O)C(Cc1ccccc1)NC(=O)COc1nn(C)c2nc(C)cc(C)c12. The molecule has 0 saturated heterocycles. The fourth-order valence-electron chi connectivity index (χ4n) is 3.31. The van der Waals surface area contributed by atoms with Gasteiger partial charge in [0.05, 0.1) is 12.0 Å². The third-order valence-corrected chi connectivity index (χ3v) is 4.62. The number of amides is 1. The molecular formula is C22H26N4O4. The van der Waals surface area contributed by atoms with Gasteiger partial charge >= 0.3 is 5.97 Å². The van der Waals surface area contributed by atoms with E-state index in [1.54, 1.807) is 18.7 Å². The summed E-state index contributed by atoms with van der Waals surface area (Å²) in [5, 5.41) is 7.81. The Morgan fingerprint density at radius 3 is 2.63 bits per heavy atom. The number of fused-ring (bicyclic) bond motifs is 1. The fourth-order valence-corrected chi connectivity index (χ4v) is 3.31. The van der Waals surface area contributed by atoms with Crippen LogP contribution in [0.5, 0.6) is 5.88 Å². The number of hydrogen-bond donors (Lipinski definition) is 1. The standard InChI is InChI=1S/C22H26N4O4/c1-5-29-22(28)17(12-16-9-7-6-8-10-16)24-18(27)13-30-21-19-14(2)11-15(3)23-20(19)26(4)25-21/h6-11,17H,5,12-13H2,1-4H3,(H,24,27). The van der Waals surface area contributed by atoms with E-state index in [1.165, 1.54) is 0 Å². The van der Waals surface area contributed by atoms with Crippen LogP contribution in [0.2, 0.25) is 0 Å². The number of benzene rings is 1. The van der Waals surface area contributed by atoms with Crippen LogP contribution in [0.25, 0.3) is 11.0 Å². The molecule has 30 heavy (non-hydrogen) atoms. The van der Waals surface area contributed by atoms with E-state index in [9.17, 15) is 9.59 Å². The van der Waals surface area contributed by atoms with Crippen LogP contribution >= 0.6 is 0 Å². The summed E-state index contributed by atoms with van der Waals surface area (Å²) in [5.41, 5.74) is 3.46. The number of aryl methyl sites for hydroxylation is 3. The quantitative estimate of drug-likeness (QED) is 0.573. The van der Waals surface area contributed by atoms with E-state index in [2.05, 4.69) is 15.4 Å². The Labute approximate surface area is 175 Å². The number of ether oxygens (including phenoxy) is 2. The average Bonchev–Trinajstić information content (AvgIpc) is 3.02. The summed E-state index contributed by atoms with van der Waals surface area (Å²) in [7, 11) is 1.78. The lowest BCUT2D eigenvalue weighted by Gasteiger charge is -2.17. The number of pyridine rings is 1. The normalized spacial score (nSPS) is 11.9. The largest absolute Gasteiger partial charge is 0.466 e. The van der Waals surface area contributed by atoms with Gasteiger partial charge in [-0.3, -0.25) is 4.79 Å². The van der Waals surface area contributed by atoms with Gasteiger partial charge in [0.25, 0.3) is 5.91 Å². The average molecular weight is 410 g/mol. The maximum atomic E-state index is 12.5. The lowest BCUT2D eigenvalue weighted by atomic mass is 10.1. The van der Waals surface area contributed by atoms with Crippen molar-refractivity contribution >= 4 is 22.9 Å². The minimum atomic E-state index is -0.796. The highest BCUT2D eigenvalue weighted by Gasteiger charge is 2.23. The molecule has 0 aliphatic heterocycles. The minimum Gasteiger partial charge on any atom is -0.466 e. The highest BCUT2D eigenvalue weighted by Crippen LogP contribution is 2.26. The van der Waals surface area contributed by atoms with Gasteiger partial charge in [-0.1, -0.05) is 30.3 Å². The first kappa shape index (κ1) is 21.3. The molecule has 2 aromatic heterocycles. The van der Waals surface area contributed by atoms with Gasteiger partial charge in [0.15, 0.2) is 12.3 Å². The molecule has 0 radical (unpaired) electrons. The Kier molecular flexibility index (Phi) is 6.66. The second-order valence-corrected chi connectivity index (χ2v) is 7.06. The van der Waals surface area contributed by atoms with Crippen molar-refractivity contribution in [2.24, 2.45) is 7.05 Å². The van der Waals surface area contributed by atoms with Crippen LogP contribution in [0.4, 0.5) is 0 Å². The first-order chi connectivity index (χ1) is 14.4. The first-order valence-electron chi connectivity index (χ1n) is 9.82. The van der Waals surface area contributed by atoms with Crippen LogP contribution in [-0.4, -0.2) is 45.9 Å². The summed E-state index contributed by atoms with van der Waals surface area (Å²) in [6, 6.07) is 10.6. The molecule has 1 atom stereocenters. The molecule has 158 valence electrons. The first-order valence-corrected chi connectivity index (χ1v) is 9.82. The van der Waals surface area contributed by atoms with Crippen LogP contribution in [0, 0.1) is 13.8 Å². The number of carbonyl (C=O) groups excluding carboxylic acids is 2. The van der Waals surface area contributed by atoms with Crippen molar-refractivity contribution < 1.29 is 19.1 Å². The van der Waals surface area contributed by atoms with Gasteiger partial charge in [-0.25, -0.2) is 14.5 Å². The molecule has 0 fully saturated rings. The molecule has 0 spiro atoms. The number of nitrogens with one attached hydrogen (secondary N) is 1. The van der Waals surface area contributed by atoms with Gasteiger partial charge < -0.3 is 14.8 Å². The van der Waals surface area contributed by atoms with E-state index >= 15 is 0 Å². The molecule has 3 rings (SSSR count). The van der Waals surface area contributed by atoms with Crippen LogP contribution in [0.15, 0.2) is 36.4 Å². The second-order valence-electron chi connectivity index (χ2n) is 7.06. The smallest absolute Gasteiger partial charge is 0.328 e. The number of hydrogen-bond acceptors (Lipinski definition) is 6. The second kappa shape index (κ2) is 9.39. The van der Waals surface area contributed by atoms with Gasteiger partial charge in [0, 0.05) is 19.2 Å². The Hall–Kier alpha value is -3.42. The number of rotatable bonds is 8. The van der Waals surface area contributed by atoms with Gasteiger partial charge in [0.1, 0.15) is 6.04 Å². The molecule has 0 bridgehead atoms. The Morgan fingerprint density at radius 2 is 1.93 bits per heavy atom. The van der Waals surface area contributed by atoms with E-state index in [0.717, 1.165) is 22.2 Å². The third kappa shape index (κ3) is 4.94. The Bertz CT molecular complexity index is 1050. The van der Waals surface area contributed by atoms with E-state index < -0.39 is 17.9 Å². The van der Waals surface area contributed by atoms with Crippen molar-refractivity contribution in [2.75, 3.05) is 13.2 Å². The topological polar surface area (TPSA) is 95.3 Å². The monoisotopic (exact) mass is 410 g/mol. The summed E-state index contributed by atoms with van der Waals surface area (Å²) in [6.45, 7) is 5.55. The third-order valence-electron chi connectivity index (χ3n) is 4.62. The van der Waals surface area contributed by atoms with Crippen molar-refractivity contribution in [1.29, 1.82) is 0 Å². The van der Waals surface area contributed by atoms with Gasteiger partial charge in [-0.2, -0.15) is 0 Å². The van der Waals surface area contributed by atoms with E-state index in [4.69, 9.17) is 9.47 Å².